The van der Waals surface area contributed by atoms with Crippen LogP contribution >= 0.6 is 22.9 Å². The maximum Gasteiger partial charge on any atom is 0.142 e. The molecule has 3 aromatic rings. The van der Waals surface area contributed by atoms with Crippen LogP contribution in [0.25, 0.3) is 10.2 Å². The standard InChI is InChI=1S/C18H18ClN3OS/c1-10-3-5-12-15(7-10)24-18-16(12)17(20-9-21-18)22-11-4-6-14(23-2)13(19)8-11/h4,6,8-10H,3,5,7H2,1-2H3,(H,20,21,22). The molecule has 4 nitrogen and oxygen atoms in total. The van der Waals surface area contributed by atoms with Crippen LogP contribution in [0.3, 0.4) is 0 Å². The fourth-order valence-corrected chi connectivity index (χ4v) is 4.86. The number of methoxy groups -OCH3 is 1. The van der Waals surface area contributed by atoms with Gasteiger partial charge in [0, 0.05) is 10.6 Å². The average molecular weight is 360 g/mol. The minimum Gasteiger partial charge on any atom is -0.495 e. The SMILES string of the molecule is COc1ccc(Nc2ncnc3sc4c(c23)CCC(C)C4)cc1Cl. The maximum absolute atomic E-state index is 6.23. The first-order valence-electron chi connectivity index (χ1n) is 8.01. The highest BCUT2D eigenvalue weighted by Gasteiger charge is 2.23. The number of nitrogens with zero attached hydrogens (tertiary/aromatic N) is 2. The lowest BCUT2D eigenvalue weighted by molar-refractivity contribution is 0.415. The quantitative estimate of drug-likeness (QED) is 0.696. The molecule has 6 heteroatoms. The summed E-state index contributed by atoms with van der Waals surface area (Å²) < 4.78 is 5.21. The smallest absolute Gasteiger partial charge is 0.142 e. The third-order valence-electron chi connectivity index (χ3n) is 4.51. The molecule has 0 saturated carbocycles. The van der Waals surface area contributed by atoms with Crippen molar-refractivity contribution in [2.24, 2.45) is 5.92 Å². The van der Waals surface area contributed by atoms with Crippen molar-refractivity contribution >= 4 is 44.7 Å². The first-order valence-corrected chi connectivity index (χ1v) is 9.21. The zero-order chi connectivity index (χ0) is 16.7. The number of hydrogen-bond acceptors (Lipinski definition) is 5. The van der Waals surface area contributed by atoms with Crippen molar-refractivity contribution in [3.8, 4) is 5.75 Å². The van der Waals surface area contributed by atoms with Gasteiger partial charge in [-0.3, -0.25) is 0 Å². The van der Waals surface area contributed by atoms with E-state index >= 15 is 0 Å². The molecule has 1 aliphatic carbocycles. The summed E-state index contributed by atoms with van der Waals surface area (Å²) in [6.45, 7) is 2.32. The zero-order valence-electron chi connectivity index (χ0n) is 13.6. The molecule has 0 saturated heterocycles. The lowest BCUT2D eigenvalue weighted by atomic mass is 9.89. The lowest BCUT2D eigenvalue weighted by Gasteiger charge is -2.18. The van der Waals surface area contributed by atoms with E-state index in [1.54, 1.807) is 24.8 Å². The van der Waals surface area contributed by atoms with Crippen molar-refractivity contribution in [1.29, 1.82) is 0 Å². The maximum atomic E-state index is 6.23. The van der Waals surface area contributed by atoms with Gasteiger partial charge in [-0.1, -0.05) is 18.5 Å². The minimum absolute atomic E-state index is 0.578. The van der Waals surface area contributed by atoms with Crippen LogP contribution in [0.15, 0.2) is 24.5 Å². The molecule has 1 aliphatic rings. The van der Waals surface area contributed by atoms with Gasteiger partial charge >= 0.3 is 0 Å². The Hall–Kier alpha value is -1.85. The Bertz CT molecular complexity index is 909. The Balaban J connectivity index is 1.76. The topological polar surface area (TPSA) is 47.0 Å². The number of aromatic nitrogens is 2. The second kappa shape index (κ2) is 6.22. The number of anilines is 2. The van der Waals surface area contributed by atoms with E-state index in [2.05, 4.69) is 22.2 Å². The van der Waals surface area contributed by atoms with Gasteiger partial charge in [0.2, 0.25) is 0 Å². The van der Waals surface area contributed by atoms with Gasteiger partial charge in [-0.05, 0) is 48.9 Å². The number of ether oxygens (including phenoxy) is 1. The predicted octanol–water partition coefficient (Wildman–Crippen LogP) is 5.22. The summed E-state index contributed by atoms with van der Waals surface area (Å²) in [6.07, 6.45) is 5.09. The van der Waals surface area contributed by atoms with Gasteiger partial charge in [-0.2, -0.15) is 0 Å². The molecule has 1 atom stereocenters. The molecule has 0 aliphatic heterocycles. The third kappa shape index (κ3) is 2.72. The molecule has 0 fully saturated rings. The number of rotatable bonds is 3. The van der Waals surface area contributed by atoms with E-state index in [0.717, 1.165) is 40.5 Å². The number of halogens is 1. The molecule has 24 heavy (non-hydrogen) atoms. The van der Waals surface area contributed by atoms with E-state index in [1.807, 2.05) is 18.2 Å². The van der Waals surface area contributed by atoms with Crippen molar-refractivity contribution < 1.29 is 4.74 Å². The summed E-state index contributed by atoms with van der Waals surface area (Å²) in [4.78, 5) is 11.5. The molecule has 4 rings (SSSR count). The summed E-state index contributed by atoms with van der Waals surface area (Å²) >= 11 is 8.03. The molecular formula is C18H18ClN3OS. The molecule has 2 heterocycles. The molecule has 0 amide bonds. The van der Waals surface area contributed by atoms with Gasteiger partial charge in [-0.15, -0.1) is 11.3 Å². The molecule has 2 aromatic heterocycles. The molecular weight excluding hydrogens is 342 g/mol. The number of thiophene rings is 1. The molecule has 0 bridgehead atoms. The monoisotopic (exact) mass is 359 g/mol. The second-order valence-corrected chi connectivity index (χ2v) is 7.72. The van der Waals surface area contributed by atoms with Crippen molar-refractivity contribution in [3.05, 3.63) is 40.0 Å². The zero-order valence-corrected chi connectivity index (χ0v) is 15.2. The third-order valence-corrected chi connectivity index (χ3v) is 5.96. The number of hydrogen-bond donors (Lipinski definition) is 1. The fourth-order valence-electron chi connectivity index (χ4n) is 3.25. The first kappa shape index (κ1) is 15.7. The van der Waals surface area contributed by atoms with Crippen molar-refractivity contribution in [2.45, 2.75) is 26.2 Å². The van der Waals surface area contributed by atoms with Crippen LogP contribution in [0.1, 0.15) is 23.8 Å². The number of fused-ring (bicyclic) bond motifs is 3. The molecule has 0 spiro atoms. The Kier molecular flexibility index (Phi) is 4.06. The van der Waals surface area contributed by atoms with Gasteiger partial charge in [0.25, 0.3) is 0 Å². The summed E-state index contributed by atoms with van der Waals surface area (Å²) in [5, 5.41) is 5.14. The van der Waals surface area contributed by atoms with Crippen LogP contribution in [0.4, 0.5) is 11.5 Å². The van der Waals surface area contributed by atoms with Crippen LogP contribution in [-0.4, -0.2) is 17.1 Å². The number of nitrogens with one attached hydrogen (secondary N) is 1. The van der Waals surface area contributed by atoms with Gasteiger partial charge < -0.3 is 10.1 Å². The van der Waals surface area contributed by atoms with Crippen LogP contribution in [0, 0.1) is 5.92 Å². The van der Waals surface area contributed by atoms with Gasteiger partial charge in [-0.25, -0.2) is 9.97 Å². The van der Waals surface area contributed by atoms with E-state index in [-0.39, 0.29) is 0 Å². The van der Waals surface area contributed by atoms with Crippen LogP contribution in [0.2, 0.25) is 5.02 Å². The Morgan fingerprint density at radius 1 is 1.33 bits per heavy atom. The van der Waals surface area contributed by atoms with Crippen LogP contribution in [-0.2, 0) is 12.8 Å². The Morgan fingerprint density at radius 3 is 3.00 bits per heavy atom. The minimum atomic E-state index is 0.578. The molecule has 124 valence electrons. The van der Waals surface area contributed by atoms with E-state index in [1.165, 1.54) is 16.9 Å². The Morgan fingerprint density at radius 2 is 2.21 bits per heavy atom. The summed E-state index contributed by atoms with van der Waals surface area (Å²) in [7, 11) is 1.61. The summed E-state index contributed by atoms with van der Waals surface area (Å²) in [5.74, 6) is 2.26. The highest BCUT2D eigenvalue weighted by atomic mass is 35.5. The second-order valence-electron chi connectivity index (χ2n) is 6.23. The predicted molar refractivity (Wildman–Crippen MR) is 99.9 cm³/mol. The lowest BCUT2D eigenvalue weighted by Crippen LogP contribution is -2.09. The van der Waals surface area contributed by atoms with E-state index in [4.69, 9.17) is 16.3 Å². The van der Waals surface area contributed by atoms with E-state index in [0.29, 0.717) is 10.8 Å². The van der Waals surface area contributed by atoms with Crippen LogP contribution < -0.4 is 10.1 Å². The van der Waals surface area contributed by atoms with Crippen LogP contribution in [0.5, 0.6) is 5.75 Å². The Labute approximate surface area is 149 Å². The van der Waals surface area contributed by atoms with Gasteiger partial charge in [0.05, 0.1) is 17.5 Å². The van der Waals surface area contributed by atoms with E-state index in [9.17, 15) is 0 Å². The normalized spacial score (nSPS) is 16.9. The summed E-state index contributed by atoms with van der Waals surface area (Å²) in [5.41, 5.74) is 2.31. The van der Waals surface area contributed by atoms with Gasteiger partial charge in [0.15, 0.2) is 0 Å². The van der Waals surface area contributed by atoms with Crippen molar-refractivity contribution in [2.75, 3.05) is 12.4 Å². The van der Waals surface area contributed by atoms with Crippen molar-refractivity contribution in [1.82, 2.24) is 9.97 Å². The number of aryl methyl sites for hydroxylation is 1. The largest absolute Gasteiger partial charge is 0.495 e. The fraction of sp³-hybridized carbons (Fsp3) is 0.333. The molecule has 1 aromatic carbocycles. The molecule has 1 N–H and O–H groups in total. The highest BCUT2D eigenvalue weighted by molar-refractivity contribution is 7.19. The average Bonchev–Trinajstić information content (AvgIpc) is 2.93. The van der Waals surface area contributed by atoms with Gasteiger partial charge in [0.1, 0.15) is 22.7 Å². The molecule has 0 radical (unpaired) electrons. The van der Waals surface area contributed by atoms with E-state index < -0.39 is 0 Å². The molecule has 1 unspecified atom stereocenters. The number of benzene rings is 1. The van der Waals surface area contributed by atoms with Crippen molar-refractivity contribution in [3.63, 3.8) is 0 Å². The highest BCUT2D eigenvalue weighted by Crippen LogP contribution is 2.40. The summed E-state index contributed by atoms with van der Waals surface area (Å²) in [6, 6.07) is 5.66. The first-order chi connectivity index (χ1) is 11.7.